The molecule has 104 valence electrons. The topological polar surface area (TPSA) is 30.0 Å². The smallest absolute Gasteiger partial charge is 0.162 e. The van der Waals surface area contributed by atoms with Gasteiger partial charge in [0.05, 0.1) is 5.52 Å². The third-order valence-electron chi connectivity index (χ3n) is 3.56. The number of carbonyl (C=O) groups is 1. The van der Waals surface area contributed by atoms with Gasteiger partial charge in [0.15, 0.2) is 5.78 Å². The number of hydrogen-bond donors (Lipinski definition) is 0. The van der Waals surface area contributed by atoms with E-state index in [9.17, 15) is 4.79 Å². The van der Waals surface area contributed by atoms with E-state index in [2.05, 4.69) is 4.98 Å². The Kier molecular flexibility index (Phi) is 3.48. The van der Waals surface area contributed by atoms with Gasteiger partial charge in [-0.3, -0.25) is 9.78 Å². The Balaban J connectivity index is 2.44. The normalized spacial score (nSPS) is 10.8. The minimum Gasteiger partial charge on any atom is -0.294 e. The van der Waals surface area contributed by atoms with Crippen LogP contribution in [-0.2, 0) is 0 Å². The van der Waals surface area contributed by atoms with Crippen LogP contribution in [0.5, 0.6) is 0 Å². The van der Waals surface area contributed by atoms with Crippen LogP contribution in [0.1, 0.15) is 23.0 Å². The van der Waals surface area contributed by atoms with Crippen molar-refractivity contribution < 1.29 is 4.79 Å². The van der Waals surface area contributed by atoms with Crippen LogP contribution < -0.4 is 0 Å². The Labute approximate surface area is 128 Å². The summed E-state index contributed by atoms with van der Waals surface area (Å²) in [7, 11) is 0. The van der Waals surface area contributed by atoms with Crippen molar-refractivity contribution in [3.05, 3.63) is 64.8 Å². The van der Waals surface area contributed by atoms with Gasteiger partial charge in [-0.15, -0.1) is 0 Å². The highest BCUT2D eigenvalue weighted by Gasteiger charge is 2.17. The molecule has 21 heavy (non-hydrogen) atoms. The van der Waals surface area contributed by atoms with Crippen LogP contribution in [0.25, 0.3) is 22.0 Å². The summed E-state index contributed by atoms with van der Waals surface area (Å²) in [4.78, 5) is 16.7. The second-order valence-electron chi connectivity index (χ2n) is 5.03. The minimum atomic E-state index is 0.0238. The lowest BCUT2D eigenvalue weighted by molar-refractivity contribution is 0.101. The Bertz CT molecular complexity index is 838. The highest BCUT2D eigenvalue weighted by atomic mass is 35.5. The van der Waals surface area contributed by atoms with Gasteiger partial charge in [0.25, 0.3) is 0 Å². The molecular weight excluding hydrogens is 282 g/mol. The fourth-order valence-corrected chi connectivity index (χ4v) is 2.81. The average molecular weight is 296 g/mol. The third kappa shape index (κ3) is 2.43. The standard InChI is InChI=1S/C18H14ClNO/c1-11-17(12(2)21)18(13-7-9-14(19)10-8-13)15-5-3-4-6-16(15)20-11/h3-10H,1-2H3. The highest BCUT2D eigenvalue weighted by molar-refractivity contribution is 6.30. The molecule has 0 amide bonds. The molecule has 0 saturated carbocycles. The predicted molar refractivity (Wildman–Crippen MR) is 86.9 cm³/mol. The van der Waals surface area contributed by atoms with E-state index in [1.54, 1.807) is 6.92 Å². The first-order valence-electron chi connectivity index (χ1n) is 6.74. The van der Waals surface area contributed by atoms with Crippen LogP contribution in [0.2, 0.25) is 5.02 Å². The first kappa shape index (κ1) is 13.8. The van der Waals surface area contributed by atoms with Gasteiger partial charge in [-0.1, -0.05) is 41.9 Å². The summed E-state index contributed by atoms with van der Waals surface area (Å²) >= 11 is 5.97. The van der Waals surface area contributed by atoms with Gasteiger partial charge < -0.3 is 0 Å². The number of pyridine rings is 1. The van der Waals surface area contributed by atoms with Crippen molar-refractivity contribution in [2.24, 2.45) is 0 Å². The van der Waals surface area contributed by atoms with E-state index >= 15 is 0 Å². The van der Waals surface area contributed by atoms with E-state index in [1.807, 2.05) is 55.5 Å². The lowest BCUT2D eigenvalue weighted by Crippen LogP contribution is -2.03. The fraction of sp³-hybridized carbons (Fsp3) is 0.111. The maximum atomic E-state index is 12.1. The predicted octanol–water partition coefficient (Wildman–Crippen LogP) is 5.07. The Morgan fingerprint density at radius 2 is 1.71 bits per heavy atom. The number of aryl methyl sites for hydroxylation is 1. The summed E-state index contributed by atoms with van der Waals surface area (Å²) in [6.07, 6.45) is 0. The number of aromatic nitrogens is 1. The summed E-state index contributed by atoms with van der Waals surface area (Å²) < 4.78 is 0. The molecule has 0 aliphatic heterocycles. The molecule has 0 radical (unpaired) electrons. The molecular formula is C18H14ClNO. The van der Waals surface area contributed by atoms with Crippen LogP contribution in [0.4, 0.5) is 0 Å². The molecule has 1 aromatic heterocycles. The lowest BCUT2D eigenvalue weighted by atomic mass is 9.92. The molecule has 1 heterocycles. The zero-order chi connectivity index (χ0) is 15.0. The number of rotatable bonds is 2. The number of halogens is 1. The first-order chi connectivity index (χ1) is 10.1. The molecule has 2 aromatic carbocycles. The lowest BCUT2D eigenvalue weighted by Gasteiger charge is -2.14. The van der Waals surface area contributed by atoms with Crippen molar-refractivity contribution >= 4 is 28.3 Å². The van der Waals surface area contributed by atoms with E-state index in [4.69, 9.17) is 11.6 Å². The number of benzene rings is 2. The number of fused-ring (bicyclic) bond motifs is 1. The highest BCUT2D eigenvalue weighted by Crippen LogP contribution is 2.33. The van der Waals surface area contributed by atoms with Crippen molar-refractivity contribution in [1.82, 2.24) is 4.98 Å². The third-order valence-corrected chi connectivity index (χ3v) is 3.81. The van der Waals surface area contributed by atoms with Gasteiger partial charge in [0.2, 0.25) is 0 Å². The summed E-state index contributed by atoms with van der Waals surface area (Å²) in [6, 6.07) is 15.4. The van der Waals surface area contributed by atoms with Gasteiger partial charge in [-0.25, -0.2) is 0 Å². The molecule has 0 spiro atoms. The van der Waals surface area contributed by atoms with Crippen molar-refractivity contribution in [3.8, 4) is 11.1 Å². The van der Waals surface area contributed by atoms with Crippen LogP contribution in [0, 0.1) is 6.92 Å². The van der Waals surface area contributed by atoms with Crippen molar-refractivity contribution in [3.63, 3.8) is 0 Å². The van der Waals surface area contributed by atoms with Gasteiger partial charge in [0, 0.05) is 27.2 Å². The van der Waals surface area contributed by atoms with Gasteiger partial charge in [-0.2, -0.15) is 0 Å². The number of nitrogens with zero attached hydrogens (tertiary/aromatic N) is 1. The molecule has 0 fully saturated rings. The quantitative estimate of drug-likeness (QED) is 0.618. The van der Waals surface area contributed by atoms with Crippen LogP contribution in [-0.4, -0.2) is 10.8 Å². The molecule has 0 aliphatic carbocycles. The molecule has 3 heteroatoms. The molecule has 0 unspecified atom stereocenters. The van der Waals surface area contributed by atoms with Crippen molar-refractivity contribution in [2.75, 3.05) is 0 Å². The van der Waals surface area contributed by atoms with E-state index in [0.29, 0.717) is 10.6 Å². The summed E-state index contributed by atoms with van der Waals surface area (Å²) in [5.41, 5.74) is 4.24. The van der Waals surface area contributed by atoms with Gasteiger partial charge >= 0.3 is 0 Å². The van der Waals surface area contributed by atoms with Gasteiger partial charge in [-0.05, 0) is 37.6 Å². The molecule has 2 nitrogen and oxygen atoms in total. The second kappa shape index (κ2) is 5.30. The first-order valence-corrected chi connectivity index (χ1v) is 7.12. The van der Waals surface area contributed by atoms with Gasteiger partial charge in [0.1, 0.15) is 0 Å². The molecule has 0 N–H and O–H groups in total. The van der Waals surface area contributed by atoms with E-state index in [0.717, 1.165) is 27.7 Å². The Hall–Kier alpha value is -2.19. The SMILES string of the molecule is CC(=O)c1c(C)nc2ccccc2c1-c1ccc(Cl)cc1. The zero-order valence-electron chi connectivity index (χ0n) is 11.9. The maximum Gasteiger partial charge on any atom is 0.162 e. The van der Waals surface area contributed by atoms with Crippen molar-refractivity contribution in [2.45, 2.75) is 13.8 Å². The minimum absolute atomic E-state index is 0.0238. The van der Waals surface area contributed by atoms with E-state index < -0.39 is 0 Å². The van der Waals surface area contributed by atoms with Crippen molar-refractivity contribution in [1.29, 1.82) is 0 Å². The molecule has 3 aromatic rings. The molecule has 0 saturated heterocycles. The summed E-state index contributed by atoms with van der Waals surface area (Å²) in [5.74, 6) is 0.0238. The summed E-state index contributed by atoms with van der Waals surface area (Å²) in [5, 5.41) is 1.66. The molecule has 0 bridgehead atoms. The molecule has 0 aliphatic rings. The van der Waals surface area contributed by atoms with Crippen LogP contribution in [0.15, 0.2) is 48.5 Å². The monoisotopic (exact) mass is 295 g/mol. The largest absolute Gasteiger partial charge is 0.294 e. The van der Waals surface area contributed by atoms with E-state index in [1.165, 1.54) is 0 Å². The average Bonchev–Trinajstić information content (AvgIpc) is 2.46. The van der Waals surface area contributed by atoms with E-state index in [-0.39, 0.29) is 5.78 Å². The Morgan fingerprint density at radius 3 is 2.38 bits per heavy atom. The zero-order valence-corrected chi connectivity index (χ0v) is 12.6. The number of hydrogen-bond acceptors (Lipinski definition) is 2. The molecule has 0 atom stereocenters. The number of ketones is 1. The number of carbonyl (C=O) groups excluding carboxylic acids is 1. The molecule has 3 rings (SSSR count). The summed E-state index contributed by atoms with van der Waals surface area (Å²) in [6.45, 7) is 3.46. The van der Waals surface area contributed by atoms with Crippen LogP contribution in [0.3, 0.4) is 0 Å². The Morgan fingerprint density at radius 1 is 1.05 bits per heavy atom. The maximum absolute atomic E-state index is 12.1. The number of Topliss-reactive ketones (excluding diaryl/α,β-unsaturated/α-hetero) is 1. The fourth-order valence-electron chi connectivity index (χ4n) is 2.68. The van der Waals surface area contributed by atoms with Crippen LogP contribution >= 0.6 is 11.6 Å². The second-order valence-corrected chi connectivity index (χ2v) is 5.46. The number of para-hydroxylation sites is 1.